The second kappa shape index (κ2) is 3.73. The number of benzene rings is 1. The summed E-state index contributed by atoms with van der Waals surface area (Å²) in [7, 11) is 3.94. The number of hydrogen-bond acceptors (Lipinski definition) is 2. The van der Waals surface area contributed by atoms with Crippen molar-refractivity contribution in [3.63, 3.8) is 0 Å². The number of anilines is 1. The lowest BCUT2D eigenvalue weighted by molar-refractivity contribution is 0.415. The van der Waals surface area contributed by atoms with Crippen molar-refractivity contribution in [3.8, 4) is 5.75 Å². The van der Waals surface area contributed by atoms with Crippen molar-refractivity contribution in [2.45, 2.75) is 12.7 Å². The van der Waals surface area contributed by atoms with E-state index in [-0.39, 0.29) is 0 Å². The average Bonchev–Trinajstić information content (AvgIpc) is 2.71. The van der Waals surface area contributed by atoms with Gasteiger partial charge in [-0.25, -0.2) is 0 Å². The van der Waals surface area contributed by atoms with Crippen molar-refractivity contribution in [1.82, 2.24) is 0 Å². The molecule has 0 bridgehead atoms. The van der Waals surface area contributed by atoms with Gasteiger partial charge >= 0.3 is 0 Å². The molecule has 1 aliphatic rings. The Hall–Kier alpha value is -1.12. The Morgan fingerprint density at radius 2 is 2.08 bits per heavy atom. The van der Waals surface area contributed by atoms with Crippen LogP contribution in [0, 0.1) is 0 Å². The predicted molar refractivity (Wildman–Crippen MR) is 55.5 cm³/mol. The second-order valence-corrected chi connectivity index (χ2v) is 3.22. The first-order valence-electron chi connectivity index (χ1n) is 4.64. The van der Waals surface area contributed by atoms with Crippen molar-refractivity contribution >= 4 is 13.1 Å². The van der Waals surface area contributed by atoms with Crippen LogP contribution in [0.2, 0.25) is 6.32 Å². The van der Waals surface area contributed by atoms with E-state index < -0.39 is 0 Å². The molecule has 13 heavy (non-hydrogen) atoms. The fourth-order valence-electron chi connectivity index (χ4n) is 1.61. The quantitative estimate of drug-likeness (QED) is 0.635. The average molecular weight is 174 g/mol. The van der Waals surface area contributed by atoms with E-state index >= 15 is 0 Å². The Morgan fingerprint density at radius 3 is 2.62 bits per heavy atom. The number of methoxy groups -OCH3 is 1. The van der Waals surface area contributed by atoms with Gasteiger partial charge in [-0.15, -0.1) is 0 Å². The Morgan fingerprint density at radius 1 is 1.31 bits per heavy atom. The number of nitrogens with zero attached hydrogens (tertiary/aromatic N) is 1. The van der Waals surface area contributed by atoms with Gasteiger partial charge in [0.05, 0.1) is 7.11 Å². The Labute approximate surface area is 79.8 Å². The van der Waals surface area contributed by atoms with E-state index in [2.05, 4.69) is 24.4 Å². The minimum Gasteiger partial charge on any atom is -0.497 e. The summed E-state index contributed by atoms with van der Waals surface area (Å²) in [6.07, 6.45) is 2.47. The molecule has 0 N–H and O–H groups in total. The molecule has 67 valence electrons. The highest BCUT2D eigenvalue weighted by Crippen LogP contribution is 2.21. The van der Waals surface area contributed by atoms with Crippen molar-refractivity contribution < 1.29 is 4.74 Å². The molecule has 1 aromatic rings. The van der Waals surface area contributed by atoms with Gasteiger partial charge in [0.2, 0.25) is 7.41 Å². The number of rotatable bonds is 2. The molecule has 0 atom stereocenters. The first-order valence-corrected chi connectivity index (χ1v) is 4.64. The monoisotopic (exact) mass is 174 g/mol. The molecule has 0 saturated carbocycles. The maximum Gasteiger partial charge on any atom is 0.246 e. The first-order chi connectivity index (χ1) is 6.40. The minimum absolute atomic E-state index is 0.919. The lowest BCUT2D eigenvalue weighted by Crippen LogP contribution is -2.20. The SMILES string of the molecule is COc1ccc(N2[B]CCC2)cc1. The molecule has 1 radical (unpaired) electrons. The van der Waals surface area contributed by atoms with E-state index in [1.807, 2.05) is 12.1 Å². The van der Waals surface area contributed by atoms with Gasteiger partial charge in [0.1, 0.15) is 5.75 Å². The summed E-state index contributed by atoms with van der Waals surface area (Å²) >= 11 is 0. The van der Waals surface area contributed by atoms with Gasteiger partial charge < -0.3 is 9.55 Å². The molecule has 0 aliphatic carbocycles. The lowest BCUT2D eigenvalue weighted by Gasteiger charge is -2.17. The zero-order chi connectivity index (χ0) is 9.10. The molecule has 1 heterocycles. The maximum absolute atomic E-state index is 5.10. The van der Waals surface area contributed by atoms with Gasteiger partial charge in [0.25, 0.3) is 0 Å². The fourth-order valence-corrected chi connectivity index (χ4v) is 1.61. The lowest BCUT2D eigenvalue weighted by atomic mass is 9.90. The highest BCUT2D eigenvalue weighted by molar-refractivity contribution is 6.42. The molecule has 0 amide bonds. The largest absolute Gasteiger partial charge is 0.497 e. The zero-order valence-electron chi connectivity index (χ0n) is 7.86. The summed E-state index contributed by atoms with van der Waals surface area (Å²) in [4.78, 5) is 2.29. The third-order valence-electron chi connectivity index (χ3n) is 2.36. The van der Waals surface area contributed by atoms with Crippen LogP contribution in [-0.2, 0) is 0 Å². The van der Waals surface area contributed by atoms with E-state index in [0.29, 0.717) is 0 Å². The van der Waals surface area contributed by atoms with Gasteiger partial charge in [0, 0.05) is 12.2 Å². The highest BCUT2D eigenvalue weighted by Gasteiger charge is 2.13. The molecule has 1 fully saturated rings. The molecule has 2 nitrogen and oxygen atoms in total. The van der Waals surface area contributed by atoms with Crippen LogP contribution in [0.4, 0.5) is 5.69 Å². The molecular weight excluding hydrogens is 161 g/mol. The third kappa shape index (κ3) is 1.79. The van der Waals surface area contributed by atoms with Crippen LogP contribution in [-0.4, -0.2) is 21.1 Å². The van der Waals surface area contributed by atoms with Crippen LogP contribution in [0.1, 0.15) is 6.42 Å². The molecule has 1 aliphatic heterocycles. The van der Waals surface area contributed by atoms with E-state index in [9.17, 15) is 0 Å². The normalized spacial score (nSPS) is 15.6. The van der Waals surface area contributed by atoms with Crippen LogP contribution in [0.25, 0.3) is 0 Å². The second-order valence-electron chi connectivity index (χ2n) is 3.22. The predicted octanol–water partition coefficient (Wildman–Crippen LogP) is 1.94. The van der Waals surface area contributed by atoms with Crippen molar-refractivity contribution in [3.05, 3.63) is 24.3 Å². The molecular formula is C10H13BNO. The van der Waals surface area contributed by atoms with Crippen molar-refractivity contribution in [1.29, 1.82) is 0 Å². The van der Waals surface area contributed by atoms with Crippen LogP contribution in [0.3, 0.4) is 0 Å². The van der Waals surface area contributed by atoms with Crippen LogP contribution in [0.5, 0.6) is 5.75 Å². The minimum atomic E-state index is 0.919. The van der Waals surface area contributed by atoms with E-state index in [1.165, 1.54) is 18.4 Å². The van der Waals surface area contributed by atoms with Gasteiger partial charge in [0.15, 0.2) is 0 Å². The van der Waals surface area contributed by atoms with Gasteiger partial charge in [-0.1, -0.05) is 6.32 Å². The standard InChI is InChI=1S/C10H13BNO/c1-13-10-5-3-9(4-6-10)12-8-2-7-11-12/h3-6H,2,7-8H2,1H3. The molecule has 0 unspecified atom stereocenters. The van der Waals surface area contributed by atoms with E-state index in [0.717, 1.165) is 12.3 Å². The van der Waals surface area contributed by atoms with Crippen LogP contribution < -0.4 is 9.55 Å². The summed E-state index contributed by atoms with van der Waals surface area (Å²) in [5.74, 6) is 0.919. The zero-order valence-corrected chi connectivity index (χ0v) is 7.86. The van der Waals surface area contributed by atoms with Gasteiger partial charge in [-0.2, -0.15) is 0 Å². The fraction of sp³-hybridized carbons (Fsp3) is 0.400. The first kappa shape index (κ1) is 8.48. The summed E-state index contributed by atoms with van der Waals surface area (Å²) in [5.41, 5.74) is 1.26. The van der Waals surface area contributed by atoms with E-state index in [4.69, 9.17) is 4.74 Å². The molecule has 0 aromatic heterocycles. The van der Waals surface area contributed by atoms with Crippen LogP contribution >= 0.6 is 0 Å². The van der Waals surface area contributed by atoms with Crippen LogP contribution in [0.15, 0.2) is 24.3 Å². The molecule has 1 saturated heterocycles. The number of hydrogen-bond donors (Lipinski definition) is 0. The summed E-state index contributed by atoms with van der Waals surface area (Å²) in [5, 5.41) is 0. The molecule has 3 heteroatoms. The summed E-state index contributed by atoms with van der Waals surface area (Å²) < 4.78 is 5.10. The maximum atomic E-state index is 5.10. The smallest absolute Gasteiger partial charge is 0.246 e. The summed E-state index contributed by atoms with van der Waals surface area (Å²) in [6, 6.07) is 8.20. The molecule has 2 rings (SSSR count). The van der Waals surface area contributed by atoms with Crippen molar-refractivity contribution in [2.75, 3.05) is 18.5 Å². The molecule has 0 spiro atoms. The molecule has 1 aromatic carbocycles. The Kier molecular flexibility index (Phi) is 2.43. The van der Waals surface area contributed by atoms with Gasteiger partial charge in [-0.05, 0) is 30.7 Å². The third-order valence-corrected chi connectivity index (χ3v) is 2.36. The Balaban J connectivity index is 2.12. The highest BCUT2D eigenvalue weighted by atomic mass is 16.5. The van der Waals surface area contributed by atoms with Gasteiger partial charge in [-0.3, -0.25) is 0 Å². The Bertz CT molecular complexity index is 267. The topological polar surface area (TPSA) is 12.5 Å². The van der Waals surface area contributed by atoms with E-state index in [1.54, 1.807) is 7.11 Å². The summed E-state index contributed by atoms with van der Waals surface area (Å²) in [6.45, 7) is 1.15. The number of ether oxygens (including phenoxy) is 1. The van der Waals surface area contributed by atoms with Crippen molar-refractivity contribution in [2.24, 2.45) is 0 Å².